The third kappa shape index (κ3) is 3.44. The van der Waals surface area contributed by atoms with Crippen molar-refractivity contribution in [3.8, 4) is 5.75 Å². The molecule has 1 aromatic rings. The van der Waals surface area contributed by atoms with E-state index in [1.807, 2.05) is 6.07 Å². The number of hydrogen-bond donors (Lipinski definition) is 2. The molecule has 1 aromatic carbocycles. The summed E-state index contributed by atoms with van der Waals surface area (Å²) in [6.07, 6.45) is -0.753. The molecule has 0 bridgehead atoms. The molecule has 130 valence electrons. The number of morpholine rings is 1. The maximum atomic E-state index is 12.2. The first-order valence-electron chi connectivity index (χ1n) is 7.79. The maximum Gasteiger partial charge on any atom is 0.414 e. The van der Waals surface area contributed by atoms with Gasteiger partial charge in [0, 0.05) is 6.54 Å². The van der Waals surface area contributed by atoms with Gasteiger partial charge in [0.15, 0.2) is 6.23 Å². The van der Waals surface area contributed by atoms with Crippen molar-refractivity contribution in [3.05, 3.63) is 30.3 Å². The summed E-state index contributed by atoms with van der Waals surface area (Å²) >= 11 is 0. The second-order valence-corrected chi connectivity index (χ2v) is 5.85. The molecule has 1 spiro atoms. The van der Waals surface area contributed by atoms with Gasteiger partial charge in [-0.25, -0.2) is 4.79 Å². The van der Waals surface area contributed by atoms with Crippen molar-refractivity contribution in [2.75, 3.05) is 26.6 Å². The van der Waals surface area contributed by atoms with Crippen LogP contribution in [0.4, 0.5) is 4.79 Å². The lowest BCUT2D eigenvalue weighted by atomic mass is 9.87. The highest BCUT2D eigenvalue weighted by Gasteiger charge is 2.49. The number of ether oxygens (including phenoxy) is 3. The number of likely N-dealkylation sites (tertiary alicyclic amines) is 1. The number of aliphatic hydroxyl groups is 1. The first-order chi connectivity index (χ1) is 11.6. The zero-order chi connectivity index (χ0) is 17.0. The minimum absolute atomic E-state index is 0.0379. The van der Waals surface area contributed by atoms with Crippen molar-refractivity contribution < 1.29 is 28.9 Å². The van der Waals surface area contributed by atoms with Gasteiger partial charge in [0.25, 0.3) is 0 Å². The van der Waals surface area contributed by atoms with Crippen LogP contribution in [0, 0.1) is 0 Å². The van der Waals surface area contributed by atoms with Gasteiger partial charge in [-0.2, -0.15) is 0 Å². The van der Waals surface area contributed by atoms with E-state index in [2.05, 4.69) is 5.32 Å². The Morgan fingerprint density at radius 3 is 2.96 bits per heavy atom. The number of nitrogens with zero attached hydrogens (tertiary/aromatic N) is 1. The van der Waals surface area contributed by atoms with Crippen molar-refractivity contribution in [1.82, 2.24) is 10.2 Å². The SMILES string of the molecule is O=C1COCC2(CCCN(C(=O)OCOc3ccccc3)C2O)N1. The van der Waals surface area contributed by atoms with E-state index >= 15 is 0 Å². The average molecular weight is 336 g/mol. The van der Waals surface area contributed by atoms with Gasteiger partial charge >= 0.3 is 6.09 Å². The molecule has 2 amide bonds. The summed E-state index contributed by atoms with van der Waals surface area (Å²) in [6, 6.07) is 8.95. The van der Waals surface area contributed by atoms with Gasteiger partial charge in [-0.15, -0.1) is 0 Å². The molecule has 0 aliphatic carbocycles. The molecule has 2 fully saturated rings. The summed E-state index contributed by atoms with van der Waals surface area (Å²) < 4.78 is 15.6. The zero-order valence-electron chi connectivity index (χ0n) is 13.1. The number of carbonyl (C=O) groups excluding carboxylic acids is 2. The molecular weight excluding hydrogens is 316 g/mol. The Bertz CT molecular complexity index is 591. The van der Waals surface area contributed by atoms with E-state index in [4.69, 9.17) is 14.2 Å². The maximum absolute atomic E-state index is 12.2. The molecule has 0 saturated carbocycles. The van der Waals surface area contributed by atoms with E-state index in [0.717, 1.165) is 0 Å². The summed E-state index contributed by atoms with van der Waals surface area (Å²) in [4.78, 5) is 25.0. The highest BCUT2D eigenvalue weighted by atomic mass is 16.7. The van der Waals surface area contributed by atoms with Crippen molar-refractivity contribution in [3.63, 3.8) is 0 Å². The quantitative estimate of drug-likeness (QED) is 0.778. The van der Waals surface area contributed by atoms with Crippen LogP contribution < -0.4 is 10.1 Å². The molecule has 8 nitrogen and oxygen atoms in total. The van der Waals surface area contributed by atoms with E-state index in [-0.39, 0.29) is 25.9 Å². The minimum atomic E-state index is -1.21. The molecule has 2 unspecified atom stereocenters. The lowest BCUT2D eigenvalue weighted by Crippen LogP contribution is -2.70. The van der Waals surface area contributed by atoms with Crippen molar-refractivity contribution in [2.45, 2.75) is 24.6 Å². The Labute approximate surface area is 139 Å². The van der Waals surface area contributed by atoms with E-state index < -0.39 is 17.9 Å². The minimum Gasteiger partial charge on any atom is -0.457 e. The number of amides is 2. The summed E-state index contributed by atoms with van der Waals surface area (Å²) in [5, 5.41) is 13.3. The van der Waals surface area contributed by atoms with Gasteiger partial charge in [-0.05, 0) is 25.0 Å². The molecule has 0 aromatic heterocycles. The number of carbonyl (C=O) groups is 2. The van der Waals surface area contributed by atoms with Crippen LogP contribution in [0.2, 0.25) is 0 Å². The normalized spacial score (nSPS) is 26.8. The van der Waals surface area contributed by atoms with E-state index in [1.165, 1.54) is 4.90 Å². The van der Waals surface area contributed by atoms with E-state index in [0.29, 0.717) is 25.1 Å². The second kappa shape index (κ2) is 7.06. The van der Waals surface area contributed by atoms with Gasteiger partial charge in [0.2, 0.25) is 12.7 Å². The highest BCUT2D eigenvalue weighted by molar-refractivity contribution is 5.79. The van der Waals surface area contributed by atoms with E-state index in [9.17, 15) is 14.7 Å². The zero-order valence-corrected chi connectivity index (χ0v) is 13.1. The number of benzene rings is 1. The van der Waals surface area contributed by atoms with Crippen LogP contribution in [-0.2, 0) is 14.3 Å². The average Bonchev–Trinajstić information content (AvgIpc) is 2.58. The van der Waals surface area contributed by atoms with Crippen LogP contribution in [0.3, 0.4) is 0 Å². The number of piperidine rings is 1. The fourth-order valence-corrected chi connectivity index (χ4v) is 3.00. The summed E-state index contributed by atoms with van der Waals surface area (Å²) in [6.45, 7) is 0.193. The van der Waals surface area contributed by atoms with Gasteiger partial charge < -0.3 is 24.6 Å². The number of nitrogens with one attached hydrogen (secondary N) is 1. The highest BCUT2D eigenvalue weighted by Crippen LogP contribution is 2.29. The van der Waals surface area contributed by atoms with Gasteiger partial charge in [0.1, 0.15) is 17.9 Å². The van der Waals surface area contributed by atoms with Crippen LogP contribution in [0.5, 0.6) is 5.75 Å². The first kappa shape index (κ1) is 16.5. The fourth-order valence-electron chi connectivity index (χ4n) is 3.00. The Morgan fingerprint density at radius 1 is 1.42 bits per heavy atom. The number of para-hydroxylation sites is 1. The molecule has 2 aliphatic heterocycles. The number of aliphatic hydroxyl groups excluding tert-OH is 1. The van der Waals surface area contributed by atoms with Gasteiger partial charge in [0.05, 0.1) is 6.61 Å². The van der Waals surface area contributed by atoms with Crippen molar-refractivity contribution in [2.24, 2.45) is 0 Å². The number of rotatable bonds is 3. The molecule has 24 heavy (non-hydrogen) atoms. The van der Waals surface area contributed by atoms with Gasteiger partial charge in [-0.1, -0.05) is 18.2 Å². The standard InChI is InChI=1S/C16H20N2O6/c19-13-9-22-10-16(17-13)7-4-8-18(14(16)20)15(21)24-11-23-12-5-2-1-3-6-12/h1-3,5-6,14,20H,4,7-11H2,(H,17,19). The van der Waals surface area contributed by atoms with E-state index in [1.54, 1.807) is 24.3 Å². The summed E-state index contributed by atoms with van der Waals surface area (Å²) in [5.74, 6) is 0.275. The predicted molar refractivity (Wildman–Crippen MR) is 82.1 cm³/mol. The Morgan fingerprint density at radius 2 is 2.21 bits per heavy atom. The van der Waals surface area contributed by atoms with Crippen molar-refractivity contribution in [1.29, 1.82) is 0 Å². The Balaban J connectivity index is 1.57. The number of hydrogen-bond acceptors (Lipinski definition) is 6. The van der Waals surface area contributed by atoms with Crippen LogP contribution >= 0.6 is 0 Å². The predicted octanol–water partition coefficient (Wildman–Crippen LogP) is 0.459. The van der Waals surface area contributed by atoms with Crippen LogP contribution in [0.1, 0.15) is 12.8 Å². The van der Waals surface area contributed by atoms with Crippen LogP contribution in [-0.4, -0.2) is 60.3 Å². The topological polar surface area (TPSA) is 97.3 Å². The molecule has 2 N–H and O–H groups in total. The molecule has 2 saturated heterocycles. The van der Waals surface area contributed by atoms with Crippen molar-refractivity contribution >= 4 is 12.0 Å². The molecule has 0 radical (unpaired) electrons. The molecule has 3 rings (SSSR count). The van der Waals surface area contributed by atoms with Crippen LogP contribution in [0.25, 0.3) is 0 Å². The Hall–Kier alpha value is -2.32. The molecule has 2 heterocycles. The molecule has 8 heteroatoms. The second-order valence-electron chi connectivity index (χ2n) is 5.85. The lowest BCUT2D eigenvalue weighted by molar-refractivity contribution is -0.157. The van der Waals surface area contributed by atoms with Gasteiger partial charge in [-0.3, -0.25) is 9.69 Å². The first-order valence-corrected chi connectivity index (χ1v) is 7.79. The Kier molecular flexibility index (Phi) is 4.86. The smallest absolute Gasteiger partial charge is 0.414 e. The fraction of sp³-hybridized carbons (Fsp3) is 0.500. The third-order valence-electron chi connectivity index (χ3n) is 4.18. The third-order valence-corrected chi connectivity index (χ3v) is 4.18. The van der Waals surface area contributed by atoms with Crippen LogP contribution in [0.15, 0.2) is 30.3 Å². The molecule has 2 atom stereocenters. The molecular formula is C16H20N2O6. The largest absolute Gasteiger partial charge is 0.457 e. The summed E-state index contributed by atoms with van der Waals surface area (Å²) in [7, 11) is 0. The summed E-state index contributed by atoms with van der Waals surface area (Å²) in [5.41, 5.74) is -0.979. The monoisotopic (exact) mass is 336 g/mol. The lowest BCUT2D eigenvalue weighted by Gasteiger charge is -2.48. The molecule has 2 aliphatic rings.